The standard InChI is InChI=1S/C23H18F3N3O2S/c1-13(29-30)7-15-8-20(22-21(9-15)32-12-27-22)31-11-17-10-19(28-14(17)2)16-3-5-18(6-4-16)23(24,25)26/h3-6,8-9,12H,1,7,10-11H2,2H3. The molecule has 0 aliphatic carbocycles. The van der Waals surface area contributed by atoms with Crippen molar-refractivity contribution in [2.45, 2.75) is 25.9 Å². The van der Waals surface area contributed by atoms with Crippen LogP contribution in [0.1, 0.15) is 30.0 Å². The minimum atomic E-state index is -4.37. The van der Waals surface area contributed by atoms with Crippen LogP contribution in [0.3, 0.4) is 0 Å². The Morgan fingerprint density at radius 1 is 1.25 bits per heavy atom. The Bertz CT molecular complexity index is 1260. The largest absolute Gasteiger partial charge is 0.487 e. The van der Waals surface area contributed by atoms with E-state index in [9.17, 15) is 18.1 Å². The molecule has 32 heavy (non-hydrogen) atoms. The van der Waals surface area contributed by atoms with E-state index in [4.69, 9.17) is 4.74 Å². The van der Waals surface area contributed by atoms with Crippen LogP contribution in [-0.4, -0.2) is 17.3 Å². The van der Waals surface area contributed by atoms with Crippen molar-refractivity contribution in [2.24, 2.45) is 10.2 Å². The number of ether oxygens (including phenoxy) is 1. The molecular formula is C23H18F3N3O2S. The molecule has 2 aromatic carbocycles. The lowest BCUT2D eigenvalue weighted by atomic mass is 10.0. The molecule has 5 nitrogen and oxygen atoms in total. The van der Waals surface area contributed by atoms with E-state index >= 15 is 0 Å². The highest BCUT2D eigenvalue weighted by Crippen LogP contribution is 2.33. The maximum absolute atomic E-state index is 12.8. The number of hydrogen-bond acceptors (Lipinski definition) is 6. The Morgan fingerprint density at radius 2 is 2.00 bits per heavy atom. The maximum atomic E-state index is 12.8. The smallest absolute Gasteiger partial charge is 0.416 e. The first-order valence-electron chi connectivity index (χ1n) is 9.68. The van der Waals surface area contributed by atoms with Gasteiger partial charge in [0.05, 0.1) is 27.2 Å². The number of thiazole rings is 1. The fourth-order valence-corrected chi connectivity index (χ4v) is 4.22. The molecule has 0 saturated carbocycles. The number of aromatic nitrogens is 1. The van der Waals surface area contributed by atoms with Gasteiger partial charge in [-0.15, -0.1) is 16.2 Å². The molecule has 0 spiro atoms. The first-order valence-corrected chi connectivity index (χ1v) is 10.6. The van der Waals surface area contributed by atoms with Crippen LogP contribution in [0.25, 0.3) is 10.2 Å². The van der Waals surface area contributed by atoms with Crippen molar-refractivity contribution in [3.8, 4) is 5.75 Å². The zero-order chi connectivity index (χ0) is 22.9. The number of allylic oxidation sites excluding steroid dienone is 2. The summed E-state index contributed by atoms with van der Waals surface area (Å²) in [4.78, 5) is 19.6. The van der Waals surface area contributed by atoms with Crippen LogP contribution >= 0.6 is 11.3 Å². The van der Waals surface area contributed by atoms with E-state index in [1.807, 2.05) is 19.1 Å². The molecule has 0 saturated heterocycles. The monoisotopic (exact) mass is 457 g/mol. The lowest BCUT2D eigenvalue weighted by Crippen LogP contribution is -2.07. The molecule has 4 rings (SSSR count). The number of aliphatic imine (C=N–C) groups is 1. The number of hydrogen-bond donors (Lipinski definition) is 0. The van der Waals surface area contributed by atoms with Gasteiger partial charge in [0.25, 0.3) is 0 Å². The summed E-state index contributed by atoms with van der Waals surface area (Å²) in [6.07, 6.45) is -3.56. The number of alkyl halides is 3. The Labute approximate surface area is 185 Å². The number of halogens is 3. The molecule has 0 fully saturated rings. The summed E-state index contributed by atoms with van der Waals surface area (Å²) in [5, 5.41) is 2.87. The van der Waals surface area contributed by atoms with Crippen LogP contribution in [0, 0.1) is 4.91 Å². The topological polar surface area (TPSA) is 63.9 Å². The Balaban J connectivity index is 1.48. The van der Waals surface area contributed by atoms with Gasteiger partial charge in [-0.3, -0.25) is 4.99 Å². The Hall–Kier alpha value is -3.33. The van der Waals surface area contributed by atoms with E-state index < -0.39 is 11.7 Å². The van der Waals surface area contributed by atoms with E-state index in [2.05, 4.69) is 21.7 Å². The molecule has 1 aliphatic rings. The average Bonchev–Trinajstić information content (AvgIpc) is 3.38. The summed E-state index contributed by atoms with van der Waals surface area (Å²) in [5.74, 6) is 0.584. The number of nitrogens with zero attached hydrogens (tertiary/aromatic N) is 3. The van der Waals surface area contributed by atoms with Gasteiger partial charge in [0.1, 0.15) is 17.9 Å². The number of rotatable bonds is 7. The molecule has 0 radical (unpaired) electrons. The van der Waals surface area contributed by atoms with Crippen LogP contribution in [-0.2, 0) is 12.6 Å². The van der Waals surface area contributed by atoms with Gasteiger partial charge in [-0.2, -0.15) is 13.2 Å². The molecule has 0 N–H and O–H groups in total. The van der Waals surface area contributed by atoms with Gasteiger partial charge in [0.15, 0.2) is 0 Å². The number of fused-ring (bicyclic) bond motifs is 1. The SMILES string of the molecule is C=C(Cc1cc(OCC2=C(C)N=C(c3ccc(C(F)(F)F)cc3)C2)c2ncsc2c1)N=O. The lowest BCUT2D eigenvalue weighted by Gasteiger charge is -2.11. The minimum absolute atomic E-state index is 0.226. The zero-order valence-corrected chi connectivity index (χ0v) is 17.9. The minimum Gasteiger partial charge on any atom is -0.487 e. The molecule has 3 aromatic rings. The van der Waals surface area contributed by atoms with Gasteiger partial charge in [-0.05, 0) is 53.1 Å². The molecule has 9 heteroatoms. The molecule has 0 bridgehead atoms. The third-order valence-corrected chi connectivity index (χ3v) is 5.92. The Morgan fingerprint density at radius 3 is 2.69 bits per heavy atom. The summed E-state index contributed by atoms with van der Waals surface area (Å²) in [6, 6.07) is 8.76. The van der Waals surface area contributed by atoms with Crippen molar-refractivity contribution in [3.63, 3.8) is 0 Å². The van der Waals surface area contributed by atoms with Gasteiger partial charge in [0, 0.05) is 18.5 Å². The normalized spacial score (nSPS) is 14.1. The van der Waals surface area contributed by atoms with E-state index in [0.29, 0.717) is 29.9 Å². The van der Waals surface area contributed by atoms with Crippen LogP contribution in [0.15, 0.2) is 75.6 Å². The summed E-state index contributed by atoms with van der Waals surface area (Å²) < 4.78 is 45.4. The predicted octanol–water partition coefficient (Wildman–Crippen LogP) is 6.68. The summed E-state index contributed by atoms with van der Waals surface area (Å²) in [7, 11) is 0. The second kappa shape index (κ2) is 8.66. The first-order chi connectivity index (χ1) is 15.2. The van der Waals surface area contributed by atoms with Crippen molar-refractivity contribution in [1.29, 1.82) is 0 Å². The van der Waals surface area contributed by atoms with E-state index in [0.717, 1.165) is 39.2 Å². The van der Waals surface area contributed by atoms with E-state index in [-0.39, 0.29) is 12.3 Å². The van der Waals surface area contributed by atoms with Gasteiger partial charge in [0.2, 0.25) is 0 Å². The highest BCUT2D eigenvalue weighted by Gasteiger charge is 2.30. The maximum Gasteiger partial charge on any atom is 0.416 e. The van der Waals surface area contributed by atoms with E-state index in [1.54, 1.807) is 5.51 Å². The zero-order valence-electron chi connectivity index (χ0n) is 17.1. The second-order valence-corrected chi connectivity index (χ2v) is 8.30. The second-order valence-electron chi connectivity index (χ2n) is 7.42. The number of benzene rings is 2. The highest BCUT2D eigenvalue weighted by atomic mass is 32.1. The molecule has 1 aromatic heterocycles. The van der Waals surface area contributed by atoms with Crippen molar-refractivity contribution in [2.75, 3.05) is 6.61 Å². The van der Waals surface area contributed by atoms with Crippen molar-refractivity contribution < 1.29 is 17.9 Å². The van der Waals surface area contributed by atoms with Crippen molar-refractivity contribution >= 4 is 27.3 Å². The fraction of sp³-hybridized carbons (Fsp3) is 0.217. The number of nitroso groups, excluding NO2 is 1. The van der Waals surface area contributed by atoms with Crippen molar-refractivity contribution in [3.05, 3.63) is 87.1 Å². The van der Waals surface area contributed by atoms with Crippen LogP contribution in [0.5, 0.6) is 5.75 Å². The van der Waals surface area contributed by atoms with Gasteiger partial charge in [-0.1, -0.05) is 18.7 Å². The molecule has 1 aliphatic heterocycles. The quantitative estimate of drug-likeness (QED) is 0.372. The van der Waals surface area contributed by atoms with Crippen LogP contribution in [0.2, 0.25) is 0 Å². The van der Waals surface area contributed by atoms with E-state index in [1.165, 1.54) is 23.5 Å². The summed E-state index contributed by atoms with van der Waals surface area (Å²) in [5.41, 5.74) is 5.91. The van der Waals surface area contributed by atoms with Gasteiger partial charge in [-0.25, -0.2) is 4.98 Å². The van der Waals surface area contributed by atoms with Gasteiger partial charge >= 0.3 is 6.18 Å². The van der Waals surface area contributed by atoms with Crippen molar-refractivity contribution in [1.82, 2.24) is 4.98 Å². The predicted molar refractivity (Wildman–Crippen MR) is 119 cm³/mol. The molecule has 0 atom stereocenters. The molecular weight excluding hydrogens is 439 g/mol. The van der Waals surface area contributed by atoms with Gasteiger partial charge < -0.3 is 4.74 Å². The third kappa shape index (κ3) is 4.62. The Kier molecular flexibility index (Phi) is 5.92. The molecule has 164 valence electrons. The average molecular weight is 457 g/mol. The molecule has 0 amide bonds. The van der Waals surface area contributed by atoms with Crippen LogP contribution in [0.4, 0.5) is 13.2 Å². The first kappa shape index (κ1) is 21.9. The third-order valence-electron chi connectivity index (χ3n) is 5.14. The fourth-order valence-electron chi connectivity index (χ4n) is 3.46. The summed E-state index contributed by atoms with van der Waals surface area (Å²) >= 11 is 1.47. The lowest BCUT2D eigenvalue weighted by molar-refractivity contribution is -0.137. The molecule has 0 unspecified atom stereocenters. The highest BCUT2D eigenvalue weighted by molar-refractivity contribution is 7.16. The van der Waals surface area contributed by atoms with Crippen LogP contribution < -0.4 is 4.74 Å². The summed E-state index contributed by atoms with van der Waals surface area (Å²) in [6.45, 7) is 5.74. The molecule has 2 heterocycles.